The van der Waals surface area contributed by atoms with E-state index < -0.39 is 11.9 Å². The summed E-state index contributed by atoms with van der Waals surface area (Å²) in [7, 11) is 0. The summed E-state index contributed by atoms with van der Waals surface area (Å²) in [5, 5.41) is 2.32. The molecule has 1 unspecified atom stereocenters. The summed E-state index contributed by atoms with van der Waals surface area (Å²) in [6.07, 6.45) is 4.47. The minimum absolute atomic E-state index is 0.0535. The van der Waals surface area contributed by atoms with E-state index in [0.717, 1.165) is 56.4 Å². The van der Waals surface area contributed by atoms with Gasteiger partial charge in [0.15, 0.2) is 0 Å². The summed E-state index contributed by atoms with van der Waals surface area (Å²) >= 11 is 0. The number of allylic oxidation sites excluding steroid dienone is 1. The number of nitrogens with one attached hydrogen (secondary N) is 1. The average Bonchev–Trinajstić information content (AvgIpc) is 3.13. The van der Waals surface area contributed by atoms with Crippen molar-refractivity contribution in [3.8, 4) is 0 Å². The van der Waals surface area contributed by atoms with E-state index >= 15 is 0 Å². The zero-order valence-electron chi connectivity index (χ0n) is 25.0. The molecule has 2 saturated heterocycles. The molecule has 226 valence electrons. The van der Waals surface area contributed by atoms with Crippen LogP contribution in [0.1, 0.15) is 84.2 Å². The van der Waals surface area contributed by atoms with Gasteiger partial charge in [-0.15, -0.1) is 0 Å². The third kappa shape index (κ3) is 6.13. The van der Waals surface area contributed by atoms with Crippen molar-refractivity contribution in [2.75, 3.05) is 32.7 Å². The van der Waals surface area contributed by atoms with Gasteiger partial charge in [-0.3, -0.25) is 29.4 Å². The van der Waals surface area contributed by atoms with Gasteiger partial charge in [-0.1, -0.05) is 31.6 Å². The van der Waals surface area contributed by atoms with E-state index in [1.165, 1.54) is 28.2 Å². The van der Waals surface area contributed by atoms with Gasteiger partial charge in [0.2, 0.25) is 11.8 Å². The van der Waals surface area contributed by atoms with Crippen molar-refractivity contribution in [1.82, 2.24) is 20.0 Å². The Kier molecular flexibility index (Phi) is 7.94. The molecule has 0 bridgehead atoms. The molecule has 2 aromatic rings. The van der Waals surface area contributed by atoms with Crippen LogP contribution in [0.25, 0.3) is 5.57 Å². The van der Waals surface area contributed by atoms with Crippen LogP contribution >= 0.6 is 0 Å². The first kappa shape index (κ1) is 29.2. The Morgan fingerprint density at radius 2 is 1.79 bits per heavy atom. The van der Waals surface area contributed by atoms with Crippen LogP contribution < -0.4 is 5.32 Å². The smallest absolute Gasteiger partial charge is 0.255 e. The second-order valence-electron chi connectivity index (χ2n) is 13.1. The Labute approximate surface area is 251 Å². The Hall–Kier alpha value is -3.85. The highest BCUT2D eigenvalue weighted by Crippen LogP contribution is 2.43. The number of fused-ring (bicyclic) bond motifs is 1. The molecule has 8 nitrogen and oxygen atoms in total. The molecule has 2 aromatic carbocycles. The maximum absolute atomic E-state index is 13.6. The quantitative estimate of drug-likeness (QED) is 0.525. The fourth-order valence-electron chi connectivity index (χ4n) is 6.96. The molecule has 1 N–H and O–H groups in total. The van der Waals surface area contributed by atoms with Gasteiger partial charge in [-0.05, 0) is 84.6 Å². The van der Waals surface area contributed by atoms with Crippen LogP contribution in [-0.2, 0) is 16.1 Å². The highest BCUT2D eigenvalue weighted by Gasteiger charge is 2.39. The number of imide groups is 1. The summed E-state index contributed by atoms with van der Waals surface area (Å²) in [5.74, 6) is -1.28. The maximum atomic E-state index is 13.6. The number of carbonyl (C=O) groups is 4. The van der Waals surface area contributed by atoms with Crippen LogP contribution in [0.15, 0.2) is 48.0 Å². The molecule has 4 aliphatic rings. The monoisotopic (exact) mass is 586 g/mol. The van der Waals surface area contributed by atoms with Crippen molar-refractivity contribution < 1.29 is 23.6 Å². The SMILES string of the molecule is CC1(C)CCC(CN2CCCN(C(=O)c3ccc4c(c3)CN(C3CCC(=O)NC3=O)C4=O)CC2)=C(c2ccc(F)cc2)C1. The van der Waals surface area contributed by atoms with Crippen LogP contribution in [-0.4, -0.2) is 77.1 Å². The van der Waals surface area contributed by atoms with Gasteiger partial charge in [-0.2, -0.15) is 0 Å². The first-order valence-electron chi connectivity index (χ1n) is 15.3. The Balaban J connectivity index is 1.12. The molecular weight excluding hydrogens is 547 g/mol. The second kappa shape index (κ2) is 11.7. The molecule has 0 radical (unpaired) electrons. The molecule has 1 aliphatic carbocycles. The van der Waals surface area contributed by atoms with Gasteiger partial charge in [0, 0.05) is 56.8 Å². The van der Waals surface area contributed by atoms with Crippen molar-refractivity contribution in [2.45, 2.75) is 65.0 Å². The van der Waals surface area contributed by atoms with E-state index in [2.05, 4.69) is 24.1 Å². The van der Waals surface area contributed by atoms with Gasteiger partial charge < -0.3 is 9.80 Å². The van der Waals surface area contributed by atoms with E-state index in [1.54, 1.807) is 18.2 Å². The van der Waals surface area contributed by atoms with Gasteiger partial charge in [0.05, 0.1) is 0 Å². The lowest BCUT2D eigenvalue weighted by atomic mass is 9.72. The van der Waals surface area contributed by atoms with Crippen molar-refractivity contribution in [1.29, 1.82) is 0 Å². The van der Waals surface area contributed by atoms with E-state index in [1.807, 2.05) is 17.0 Å². The Morgan fingerprint density at radius 1 is 1.00 bits per heavy atom. The molecule has 9 heteroatoms. The predicted molar refractivity (Wildman–Crippen MR) is 160 cm³/mol. The minimum Gasteiger partial charge on any atom is -0.337 e. The molecule has 0 aromatic heterocycles. The van der Waals surface area contributed by atoms with Gasteiger partial charge in [-0.25, -0.2) is 4.39 Å². The van der Waals surface area contributed by atoms with Crippen molar-refractivity contribution in [3.05, 3.63) is 76.1 Å². The van der Waals surface area contributed by atoms with E-state index in [9.17, 15) is 23.6 Å². The third-order valence-corrected chi connectivity index (χ3v) is 9.44. The molecule has 0 spiro atoms. The molecule has 2 fully saturated rings. The molecule has 43 heavy (non-hydrogen) atoms. The normalized spacial score (nSPS) is 22.9. The average molecular weight is 587 g/mol. The first-order valence-corrected chi connectivity index (χ1v) is 15.3. The highest BCUT2D eigenvalue weighted by molar-refractivity contribution is 6.06. The van der Waals surface area contributed by atoms with Crippen LogP contribution in [0, 0.1) is 11.2 Å². The molecule has 3 aliphatic heterocycles. The summed E-state index contributed by atoms with van der Waals surface area (Å²) in [6.45, 7) is 8.62. The fraction of sp³-hybridized carbons (Fsp3) is 0.471. The number of hydrogen-bond acceptors (Lipinski definition) is 5. The summed E-state index contributed by atoms with van der Waals surface area (Å²) < 4.78 is 13.6. The summed E-state index contributed by atoms with van der Waals surface area (Å²) in [4.78, 5) is 56.4. The zero-order chi connectivity index (χ0) is 30.3. The number of amides is 4. The van der Waals surface area contributed by atoms with Crippen LogP contribution in [0.4, 0.5) is 4.39 Å². The third-order valence-electron chi connectivity index (χ3n) is 9.44. The molecule has 4 amide bonds. The topological polar surface area (TPSA) is 90.0 Å². The lowest BCUT2D eigenvalue weighted by molar-refractivity contribution is -0.136. The number of piperidine rings is 1. The highest BCUT2D eigenvalue weighted by atomic mass is 19.1. The Morgan fingerprint density at radius 3 is 2.56 bits per heavy atom. The van der Waals surface area contributed by atoms with Crippen molar-refractivity contribution in [2.24, 2.45) is 5.41 Å². The zero-order valence-corrected chi connectivity index (χ0v) is 25.0. The second-order valence-corrected chi connectivity index (χ2v) is 13.1. The number of nitrogens with zero attached hydrogens (tertiary/aromatic N) is 3. The minimum atomic E-state index is -0.678. The van der Waals surface area contributed by atoms with Gasteiger partial charge in [0.25, 0.3) is 11.8 Å². The summed E-state index contributed by atoms with van der Waals surface area (Å²) in [6, 6.07) is 11.4. The number of carbonyl (C=O) groups excluding carboxylic acids is 4. The lowest BCUT2D eigenvalue weighted by Crippen LogP contribution is -2.52. The molecular formula is C34H39FN4O4. The van der Waals surface area contributed by atoms with Crippen molar-refractivity contribution in [3.63, 3.8) is 0 Å². The number of hydrogen-bond donors (Lipinski definition) is 1. The van der Waals surface area contributed by atoms with Crippen LogP contribution in [0.2, 0.25) is 0 Å². The van der Waals surface area contributed by atoms with E-state index in [0.29, 0.717) is 30.6 Å². The number of benzene rings is 2. The van der Waals surface area contributed by atoms with Gasteiger partial charge >= 0.3 is 0 Å². The van der Waals surface area contributed by atoms with E-state index in [-0.39, 0.29) is 41.9 Å². The Bertz CT molecular complexity index is 1500. The molecule has 6 rings (SSSR count). The van der Waals surface area contributed by atoms with Gasteiger partial charge in [0.1, 0.15) is 11.9 Å². The summed E-state index contributed by atoms with van der Waals surface area (Å²) in [5.41, 5.74) is 5.82. The first-order chi connectivity index (χ1) is 20.6. The molecule has 3 heterocycles. The number of rotatable bonds is 5. The lowest BCUT2D eigenvalue weighted by Gasteiger charge is -2.35. The van der Waals surface area contributed by atoms with Crippen molar-refractivity contribution >= 4 is 29.2 Å². The predicted octanol–water partition coefficient (Wildman–Crippen LogP) is 4.40. The molecule has 1 atom stereocenters. The largest absolute Gasteiger partial charge is 0.337 e. The van der Waals surface area contributed by atoms with Crippen LogP contribution in [0.3, 0.4) is 0 Å². The van der Waals surface area contributed by atoms with Crippen LogP contribution in [0.5, 0.6) is 0 Å². The standard InChI is InChI=1S/C34H39FN4O4/c1-34(2)13-12-24(28(19-34)22-4-7-26(35)8-5-22)20-37-14-3-15-38(17-16-37)32(42)23-6-9-27-25(18-23)21-39(33(27)43)29-10-11-30(40)36-31(29)41/h4-9,18,29H,3,10-17,19-21H2,1-2H3,(H,36,40,41). The maximum Gasteiger partial charge on any atom is 0.255 e. The van der Waals surface area contributed by atoms with E-state index in [4.69, 9.17) is 0 Å². The fourth-order valence-corrected chi connectivity index (χ4v) is 6.96. The number of halogens is 1. The molecule has 0 saturated carbocycles.